The average Bonchev–Trinajstić information content (AvgIpc) is 3.22. The summed E-state index contributed by atoms with van der Waals surface area (Å²) in [5, 5.41) is 9.32. The van der Waals surface area contributed by atoms with E-state index in [0.29, 0.717) is 17.9 Å². The van der Waals surface area contributed by atoms with Gasteiger partial charge in [0.25, 0.3) is 11.8 Å². The fourth-order valence-corrected chi connectivity index (χ4v) is 3.23. The van der Waals surface area contributed by atoms with Gasteiger partial charge in [-0.3, -0.25) is 9.59 Å². The Morgan fingerprint density at radius 2 is 1.82 bits per heavy atom. The van der Waals surface area contributed by atoms with Crippen molar-refractivity contribution in [3.05, 3.63) is 82.3 Å². The Balaban J connectivity index is 1.55. The fourth-order valence-electron chi connectivity index (χ4n) is 2.52. The van der Waals surface area contributed by atoms with Crippen LogP contribution in [0.15, 0.2) is 65.4 Å². The zero-order valence-corrected chi connectivity index (χ0v) is 15.8. The van der Waals surface area contributed by atoms with E-state index in [1.165, 1.54) is 23.8 Å². The van der Waals surface area contributed by atoms with Crippen LogP contribution >= 0.6 is 11.3 Å². The number of nitrogens with one attached hydrogen (secondary N) is 2. The molecule has 2 aromatic carbocycles. The lowest BCUT2D eigenvalue weighted by Crippen LogP contribution is -2.27. The van der Waals surface area contributed by atoms with Gasteiger partial charge in [-0.1, -0.05) is 24.3 Å². The molecule has 0 aliphatic carbocycles. The normalized spacial score (nSPS) is 10.3. The highest BCUT2D eigenvalue weighted by Gasteiger charge is 2.14. The molecule has 0 atom stereocenters. The van der Waals surface area contributed by atoms with Gasteiger partial charge in [0.1, 0.15) is 11.6 Å². The molecule has 1 heterocycles. The third-order valence-electron chi connectivity index (χ3n) is 3.92. The van der Waals surface area contributed by atoms with Gasteiger partial charge in [0, 0.05) is 6.54 Å². The largest absolute Gasteiger partial charge is 0.483 e. The minimum absolute atomic E-state index is 0.0792. The van der Waals surface area contributed by atoms with E-state index in [4.69, 9.17) is 4.74 Å². The molecule has 3 aromatic rings. The third kappa shape index (κ3) is 5.40. The van der Waals surface area contributed by atoms with Crippen LogP contribution in [0.3, 0.4) is 0 Å². The van der Waals surface area contributed by atoms with Crippen LogP contribution in [0.1, 0.15) is 15.9 Å². The number of hydrogen-bond acceptors (Lipinski definition) is 4. The Morgan fingerprint density at radius 1 is 1.04 bits per heavy atom. The summed E-state index contributed by atoms with van der Waals surface area (Å²) in [5.41, 5.74) is 1.58. The summed E-state index contributed by atoms with van der Waals surface area (Å²) >= 11 is 1.61. The predicted molar refractivity (Wildman–Crippen MR) is 107 cm³/mol. The van der Waals surface area contributed by atoms with Crippen molar-refractivity contribution in [3.63, 3.8) is 0 Å². The van der Waals surface area contributed by atoms with Crippen LogP contribution < -0.4 is 15.4 Å². The molecular weight excluding hydrogens is 379 g/mol. The molecule has 0 saturated carbocycles. The molecule has 0 radical (unpaired) electrons. The maximum atomic E-state index is 13.6. The van der Waals surface area contributed by atoms with Crippen molar-refractivity contribution in [3.8, 4) is 5.75 Å². The van der Waals surface area contributed by atoms with Crippen molar-refractivity contribution < 1.29 is 18.7 Å². The van der Waals surface area contributed by atoms with Crippen LogP contribution in [0.25, 0.3) is 0 Å². The Kier molecular flexibility index (Phi) is 6.75. The third-order valence-corrected chi connectivity index (χ3v) is 4.65. The molecule has 0 aliphatic rings. The molecule has 5 nitrogen and oxygen atoms in total. The summed E-state index contributed by atoms with van der Waals surface area (Å²) in [6.07, 6.45) is 0.739. The lowest BCUT2D eigenvalue weighted by molar-refractivity contribution is -0.118. The molecule has 0 bridgehead atoms. The Bertz CT molecular complexity index is 944. The molecule has 3 rings (SSSR count). The second-order valence-corrected chi connectivity index (χ2v) is 6.73. The number of rotatable bonds is 8. The van der Waals surface area contributed by atoms with Gasteiger partial charge < -0.3 is 15.4 Å². The second-order valence-electron chi connectivity index (χ2n) is 5.95. The van der Waals surface area contributed by atoms with Crippen molar-refractivity contribution in [2.75, 3.05) is 18.5 Å². The first kappa shape index (κ1) is 19.6. The van der Waals surface area contributed by atoms with Gasteiger partial charge in [-0.2, -0.15) is 11.3 Å². The summed E-state index contributed by atoms with van der Waals surface area (Å²) in [6.45, 7) is 0.158. The smallest absolute Gasteiger partial charge is 0.262 e. The minimum atomic E-state index is -0.527. The molecule has 7 heteroatoms. The van der Waals surface area contributed by atoms with Gasteiger partial charge in [0.15, 0.2) is 6.61 Å². The molecular formula is C21H19FN2O3S. The van der Waals surface area contributed by atoms with Crippen molar-refractivity contribution in [2.45, 2.75) is 6.42 Å². The second kappa shape index (κ2) is 9.66. The van der Waals surface area contributed by atoms with Gasteiger partial charge >= 0.3 is 0 Å². The summed E-state index contributed by atoms with van der Waals surface area (Å²) in [5.74, 6) is -1.03. The number of carbonyl (C=O) groups excluding carboxylic acids is 2. The zero-order chi connectivity index (χ0) is 19.8. The highest BCUT2D eigenvalue weighted by atomic mass is 32.1. The van der Waals surface area contributed by atoms with Crippen LogP contribution in [0.5, 0.6) is 5.75 Å². The topological polar surface area (TPSA) is 67.4 Å². The number of hydrogen-bond donors (Lipinski definition) is 2. The number of amides is 2. The van der Waals surface area contributed by atoms with Gasteiger partial charge in [-0.25, -0.2) is 4.39 Å². The summed E-state index contributed by atoms with van der Waals surface area (Å²) in [7, 11) is 0. The molecule has 2 N–H and O–H groups in total. The average molecular weight is 398 g/mol. The predicted octanol–water partition coefficient (Wildman–Crippen LogP) is 3.88. The number of para-hydroxylation sites is 2. The van der Waals surface area contributed by atoms with Crippen LogP contribution in [0, 0.1) is 5.82 Å². The number of thiophene rings is 1. The molecule has 0 aliphatic heterocycles. The number of benzene rings is 2. The van der Waals surface area contributed by atoms with E-state index >= 15 is 0 Å². The Hall–Kier alpha value is -3.19. The molecule has 1 aromatic heterocycles. The van der Waals surface area contributed by atoms with Crippen molar-refractivity contribution in [1.29, 1.82) is 0 Å². The van der Waals surface area contributed by atoms with Gasteiger partial charge in [0.05, 0.1) is 11.3 Å². The first-order chi connectivity index (χ1) is 13.6. The number of anilines is 1. The zero-order valence-electron chi connectivity index (χ0n) is 15.0. The quantitative estimate of drug-likeness (QED) is 0.605. The summed E-state index contributed by atoms with van der Waals surface area (Å²) in [4.78, 5) is 24.5. The summed E-state index contributed by atoms with van der Waals surface area (Å²) in [6, 6.07) is 14.6. The first-order valence-corrected chi connectivity index (χ1v) is 9.63. The van der Waals surface area contributed by atoms with Crippen LogP contribution in [-0.2, 0) is 11.2 Å². The first-order valence-electron chi connectivity index (χ1n) is 8.69. The minimum Gasteiger partial charge on any atom is -0.483 e. The van der Waals surface area contributed by atoms with Gasteiger partial charge in [0.2, 0.25) is 0 Å². The van der Waals surface area contributed by atoms with E-state index < -0.39 is 11.7 Å². The maximum Gasteiger partial charge on any atom is 0.262 e. The van der Waals surface area contributed by atoms with Gasteiger partial charge in [-0.05, 0) is 53.1 Å². The number of ether oxygens (including phenoxy) is 1. The van der Waals surface area contributed by atoms with E-state index in [9.17, 15) is 14.0 Å². The Labute approximate surface area is 166 Å². The highest BCUT2D eigenvalue weighted by Crippen LogP contribution is 2.18. The summed E-state index contributed by atoms with van der Waals surface area (Å²) < 4.78 is 19.1. The lowest BCUT2D eigenvalue weighted by Gasteiger charge is -2.12. The molecule has 0 saturated heterocycles. The molecule has 0 unspecified atom stereocenters. The standard InChI is InChI=1S/C21H19FN2O3S/c22-17-6-2-3-7-18(17)24-20(25)13-27-19-8-4-1-5-16(19)21(26)23-11-9-15-10-12-28-14-15/h1-8,10,12,14H,9,11,13H2,(H,23,26)(H,24,25). The van der Waals surface area contributed by atoms with E-state index in [-0.39, 0.29) is 18.2 Å². The van der Waals surface area contributed by atoms with Gasteiger partial charge in [-0.15, -0.1) is 0 Å². The van der Waals surface area contributed by atoms with E-state index in [2.05, 4.69) is 10.6 Å². The van der Waals surface area contributed by atoms with E-state index in [1.807, 2.05) is 16.8 Å². The van der Waals surface area contributed by atoms with Crippen molar-refractivity contribution in [2.24, 2.45) is 0 Å². The number of halogens is 1. The van der Waals surface area contributed by atoms with E-state index in [1.54, 1.807) is 41.7 Å². The Morgan fingerprint density at radius 3 is 2.61 bits per heavy atom. The monoisotopic (exact) mass is 398 g/mol. The number of carbonyl (C=O) groups is 2. The van der Waals surface area contributed by atoms with Crippen molar-refractivity contribution in [1.82, 2.24) is 5.32 Å². The van der Waals surface area contributed by atoms with Crippen LogP contribution in [-0.4, -0.2) is 25.0 Å². The molecule has 0 spiro atoms. The molecule has 144 valence electrons. The van der Waals surface area contributed by atoms with Crippen LogP contribution in [0.4, 0.5) is 10.1 Å². The maximum absolute atomic E-state index is 13.6. The lowest BCUT2D eigenvalue weighted by atomic mass is 10.2. The fraction of sp³-hybridized carbons (Fsp3) is 0.143. The van der Waals surface area contributed by atoms with Crippen molar-refractivity contribution >= 4 is 28.8 Å². The SMILES string of the molecule is O=C(COc1ccccc1C(=O)NCCc1ccsc1)Nc1ccccc1F. The van der Waals surface area contributed by atoms with E-state index in [0.717, 1.165) is 6.42 Å². The highest BCUT2D eigenvalue weighted by molar-refractivity contribution is 7.07. The van der Waals surface area contributed by atoms with Crippen LogP contribution in [0.2, 0.25) is 0 Å². The molecule has 0 fully saturated rings. The molecule has 2 amide bonds. The molecule has 28 heavy (non-hydrogen) atoms.